The van der Waals surface area contributed by atoms with E-state index in [1.54, 1.807) is 7.11 Å². The van der Waals surface area contributed by atoms with Crippen molar-refractivity contribution in [2.24, 2.45) is 4.99 Å². The van der Waals surface area contributed by atoms with E-state index in [-0.39, 0.29) is 24.0 Å². The van der Waals surface area contributed by atoms with Gasteiger partial charge >= 0.3 is 0 Å². The second kappa shape index (κ2) is 15.9. The van der Waals surface area contributed by atoms with E-state index in [4.69, 9.17) is 9.47 Å². The molecule has 0 saturated carbocycles. The molecule has 0 amide bonds. The van der Waals surface area contributed by atoms with E-state index in [0.29, 0.717) is 13.2 Å². The van der Waals surface area contributed by atoms with E-state index < -0.39 is 0 Å². The van der Waals surface area contributed by atoms with E-state index in [1.807, 2.05) is 0 Å². The average molecular weight is 359 g/mol. The van der Waals surface area contributed by atoms with Gasteiger partial charge in [0.1, 0.15) is 0 Å². The van der Waals surface area contributed by atoms with Crippen LogP contribution < -0.4 is 10.6 Å². The first-order chi connectivity index (χ1) is 7.85. The molecule has 0 aliphatic carbocycles. The Bertz CT molecular complexity index is 172. The number of ether oxygens (including phenoxy) is 2. The van der Waals surface area contributed by atoms with Crippen molar-refractivity contribution in [3.05, 3.63) is 0 Å². The lowest BCUT2D eigenvalue weighted by Crippen LogP contribution is -2.37. The molecule has 0 rings (SSSR count). The van der Waals surface area contributed by atoms with Gasteiger partial charge in [-0.25, -0.2) is 0 Å². The Hall–Kier alpha value is -0.0800. The van der Waals surface area contributed by atoms with Crippen molar-refractivity contribution in [1.82, 2.24) is 10.6 Å². The summed E-state index contributed by atoms with van der Waals surface area (Å²) in [4.78, 5) is 4.40. The topological polar surface area (TPSA) is 54.9 Å². The molecule has 0 saturated heterocycles. The number of aliphatic imine (C=N–C) groups is 1. The Labute approximate surface area is 122 Å². The van der Waals surface area contributed by atoms with Gasteiger partial charge in [-0.05, 0) is 20.3 Å². The van der Waals surface area contributed by atoms with Crippen LogP contribution in [0, 0.1) is 0 Å². The Morgan fingerprint density at radius 1 is 1.06 bits per heavy atom. The molecule has 0 radical (unpaired) electrons. The number of methoxy groups -OCH3 is 1. The highest BCUT2D eigenvalue weighted by Crippen LogP contribution is 1.85. The van der Waals surface area contributed by atoms with Crippen LogP contribution in [0.2, 0.25) is 0 Å². The molecule has 0 spiro atoms. The lowest BCUT2D eigenvalue weighted by molar-refractivity contribution is 0.0702. The zero-order valence-corrected chi connectivity index (χ0v) is 13.5. The van der Waals surface area contributed by atoms with Crippen LogP contribution in [0.25, 0.3) is 0 Å². The maximum absolute atomic E-state index is 5.34. The summed E-state index contributed by atoms with van der Waals surface area (Å²) in [6.45, 7) is 8.71. The van der Waals surface area contributed by atoms with Crippen LogP contribution in [-0.4, -0.2) is 52.5 Å². The lowest BCUT2D eigenvalue weighted by atomic mass is 10.4. The molecule has 0 aliphatic rings. The van der Waals surface area contributed by atoms with Gasteiger partial charge in [-0.15, -0.1) is 24.0 Å². The molecular weight excluding hydrogens is 333 g/mol. The molecule has 0 aromatic carbocycles. The largest absolute Gasteiger partial charge is 0.382 e. The number of hydrogen-bond acceptors (Lipinski definition) is 3. The van der Waals surface area contributed by atoms with Gasteiger partial charge in [-0.2, -0.15) is 0 Å². The summed E-state index contributed by atoms with van der Waals surface area (Å²) in [7, 11) is 1.67. The van der Waals surface area contributed by atoms with Gasteiger partial charge < -0.3 is 20.1 Å². The molecule has 6 heteroatoms. The van der Waals surface area contributed by atoms with Crippen molar-refractivity contribution in [1.29, 1.82) is 0 Å². The summed E-state index contributed by atoms with van der Waals surface area (Å²) in [6, 6.07) is 0. The Morgan fingerprint density at radius 2 is 1.71 bits per heavy atom. The monoisotopic (exact) mass is 359 g/mol. The molecule has 0 aromatic rings. The van der Waals surface area contributed by atoms with E-state index in [1.165, 1.54) is 0 Å². The van der Waals surface area contributed by atoms with Crippen molar-refractivity contribution in [3.63, 3.8) is 0 Å². The van der Waals surface area contributed by atoms with Crippen LogP contribution in [0.4, 0.5) is 0 Å². The maximum Gasteiger partial charge on any atom is 0.191 e. The first-order valence-corrected chi connectivity index (χ1v) is 5.94. The van der Waals surface area contributed by atoms with Crippen molar-refractivity contribution >= 4 is 29.9 Å². The fourth-order valence-corrected chi connectivity index (χ4v) is 1.11. The normalized spacial score (nSPS) is 9.35. The van der Waals surface area contributed by atoms with Crippen molar-refractivity contribution in [3.8, 4) is 0 Å². The first-order valence-electron chi connectivity index (χ1n) is 5.94. The lowest BCUT2D eigenvalue weighted by Gasteiger charge is -2.08. The number of rotatable bonds is 9. The number of nitrogens with one attached hydrogen (secondary N) is 2. The van der Waals surface area contributed by atoms with Crippen molar-refractivity contribution < 1.29 is 9.47 Å². The summed E-state index contributed by atoms with van der Waals surface area (Å²) in [6.07, 6.45) is 0.935. The van der Waals surface area contributed by atoms with Crippen LogP contribution in [-0.2, 0) is 9.47 Å². The van der Waals surface area contributed by atoms with Crippen LogP contribution >= 0.6 is 24.0 Å². The minimum Gasteiger partial charge on any atom is -0.382 e. The molecule has 17 heavy (non-hydrogen) atoms. The van der Waals surface area contributed by atoms with Crippen LogP contribution in [0.15, 0.2) is 4.99 Å². The average Bonchev–Trinajstić information content (AvgIpc) is 2.28. The molecule has 0 bridgehead atoms. The standard InChI is InChI=1S/C11H25N3O2.HI/c1-4-12-11(13-5-2)14-7-6-8-16-10-9-15-3;/h4-10H2,1-3H3,(H2,12,13,14);1H. The first kappa shape index (κ1) is 19.3. The molecule has 104 valence electrons. The highest BCUT2D eigenvalue weighted by atomic mass is 127. The molecule has 0 aromatic heterocycles. The zero-order valence-electron chi connectivity index (χ0n) is 11.1. The second-order valence-electron chi connectivity index (χ2n) is 3.25. The van der Waals surface area contributed by atoms with Gasteiger partial charge in [0.25, 0.3) is 0 Å². The summed E-state index contributed by atoms with van der Waals surface area (Å²) in [5, 5.41) is 6.35. The summed E-state index contributed by atoms with van der Waals surface area (Å²) < 4.78 is 10.2. The van der Waals surface area contributed by atoms with E-state index in [2.05, 4.69) is 29.5 Å². The third kappa shape index (κ3) is 13.9. The molecule has 0 aliphatic heterocycles. The third-order valence-corrected chi connectivity index (χ3v) is 1.84. The fourth-order valence-electron chi connectivity index (χ4n) is 1.11. The Kier molecular flexibility index (Phi) is 18.0. The van der Waals surface area contributed by atoms with Crippen LogP contribution in [0.1, 0.15) is 20.3 Å². The molecule has 0 fully saturated rings. The number of hydrogen-bond donors (Lipinski definition) is 2. The van der Waals surface area contributed by atoms with E-state index in [9.17, 15) is 0 Å². The fraction of sp³-hybridized carbons (Fsp3) is 0.909. The maximum atomic E-state index is 5.34. The third-order valence-electron chi connectivity index (χ3n) is 1.84. The highest BCUT2D eigenvalue weighted by Gasteiger charge is 1.93. The smallest absolute Gasteiger partial charge is 0.191 e. The minimum absolute atomic E-state index is 0. The van der Waals surface area contributed by atoms with Crippen LogP contribution in [0.3, 0.4) is 0 Å². The molecule has 2 N–H and O–H groups in total. The Balaban J connectivity index is 0. The molecule has 0 heterocycles. The van der Waals surface area contributed by atoms with Gasteiger partial charge in [-0.3, -0.25) is 4.99 Å². The Morgan fingerprint density at radius 3 is 2.24 bits per heavy atom. The van der Waals surface area contributed by atoms with Crippen molar-refractivity contribution in [2.45, 2.75) is 20.3 Å². The number of guanidine groups is 1. The quantitative estimate of drug-likeness (QED) is 0.282. The van der Waals surface area contributed by atoms with Gasteiger partial charge in [0.05, 0.1) is 13.2 Å². The van der Waals surface area contributed by atoms with Crippen LogP contribution in [0.5, 0.6) is 0 Å². The predicted molar refractivity (Wildman–Crippen MR) is 82.4 cm³/mol. The van der Waals surface area contributed by atoms with Gasteiger partial charge in [0.15, 0.2) is 5.96 Å². The second-order valence-corrected chi connectivity index (χ2v) is 3.25. The SMILES string of the molecule is CCNC(=NCCCOCCOC)NCC.I. The van der Waals surface area contributed by atoms with Gasteiger partial charge in [0, 0.05) is 33.4 Å². The van der Waals surface area contributed by atoms with Gasteiger partial charge in [0.2, 0.25) is 0 Å². The van der Waals surface area contributed by atoms with E-state index >= 15 is 0 Å². The molecular formula is C11H26IN3O2. The summed E-state index contributed by atoms with van der Waals surface area (Å²) in [5.74, 6) is 0.877. The zero-order chi connectivity index (χ0) is 12.1. The molecule has 5 nitrogen and oxygen atoms in total. The molecule has 0 atom stereocenters. The molecule has 0 unspecified atom stereocenters. The number of halogens is 1. The predicted octanol–water partition coefficient (Wildman–Crippen LogP) is 1.23. The minimum atomic E-state index is 0. The number of nitrogens with zero attached hydrogens (tertiary/aromatic N) is 1. The summed E-state index contributed by atoms with van der Waals surface area (Å²) in [5.41, 5.74) is 0. The van der Waals surface area contributed by atoms with Gasteiger partial charge in [-0.1, -0.05) is 0 Å². The summed E-state index contributed by atoms with van der Waals surface area (Å²) >= 11 is 0. The highest BCUT2D eigenvalue weighted by molar-refractivity contribution is 14.0. The van der Waals surface area contributed by atoms with E-state index in [0.717, 1.165) is 38.6 Å². The van der Waals surface area contributed by atoms with Crippen molar-refractivity contribution in [2.75, 3.05) is 46.6 Å².